The minimum atomic E-state index is -0.767. The first-order chi connectivity index (χ1) is 22.4. The van der Waals surface area contributed by atoms with E-state index in [9.17, 15) is 33.6 Å². The third-order valence-corrected chi connectivity index (χ3v) is 8.51. The van der Waals surface area contributed by atoms with Crippen LogP contribution in [-0.2, 0) is 19.2 Å². The lowest BCUT2D eigenvalue weighted by Crippen LogP contribution is -2.44. The number of hydrogen-bond acceptors (Lipinski definition) is 9. The number of imide groups is 2. The van der Waals surface area contributed by atoms with Crippen LogP contribution < -0.4 is 30.8 Å². The van der Waals surface area contributed by atoms with E-state index in [-0.39, 0.29) is 45.7 Å². The van der Waals surface area contributed by atoms with Crippen LogP contribution in [0.3, 0.4) is 0 Å². The molecule has 3 aromatic rings. The number of carbonyl (C=O) groups excluding carboxylic acids is 6. The van der Waals surface area contributed by atoms with Gasteiger partial charge in [-0.05, 0) is 75.9 Å². The third kappa shape index (κ3) is 5.83. The van der Waals surface area contributed by atoms with Crippen LogP contribution in [0, 0.1) is 0 Å². The Morgan fingerprint density at radius 2 is 1.32 bits per heavy atom. The molecule has 1 fully saturated rings. The summed E-state index contributed by atoms with van der Waals surface area (Å²) in [6.45, 7) is 2.98. The summed E-state index contributed by atoms with van der Waals surface area (Å²) < 4.78 is 10.5. The Bertz CT molecular complexity index is 2020. The van der Waals surface area contributed by atoms with E-state index in [2.05, 4.69) is 10.6 Å². The smallest absolute Gasteiger partial charge is 0.349 e. The zero-order valence-electron chi connectivity index (χ0n) is 25.7. The SMILES string of the molecule is COc1ccc2cc(C(=O)NC3CCC(NC(=O)c4ccc(N5C(=O)C=C(C)C5=O)cc4N4C(=O)C=C(C)C4=O)CC3)c(=O)oc2c1. The van der Waals surface area contributed by atoms with Gasteiger partial charge in [0.25, 0.3) is 35.4 Å². The number of hydrogen-bond donors (Lipinski definition) is 2. The fourth-order valence-electron chi connectivity index (χ4n) is 5.97. The molecule has 47 heavy (non-hydrogen) atoms. The Morgan fingerprint density at radius 3 is 1.87 bits per heavy atom. The molecule has 2 aliphatic heterocycles. The number of carbonyl (C=O) groups is 6. The zero-order valence-corrected chi connectivity index (χ0v) is 25.7. The average molecular weight is 639 g/mol. The highest BCUT2D eigenvalue weighted by Gasteiger charge is 2.36. The average Bonchev–Trinajstić information content (AvgIpc) is 3.46. The van der Waals surface area contributed by atoms with Crippen molar-refractivity contribution in [2.24, 2.45) is 0 Å². The molecule has 3 aliphatic rings. The number of rotatable bonds is 7. The standard InChI is InChI=1S/C34H30N4O9/c1-17-12-28(39)37(32(17)43)22-9-11-24(26(15-22)38-29(40)13-18(2)33(38)44)30(41)35-20-5-7-21(8-6-20)36-31(42)25-14-19-4-10-23(46-3)16-27(19)47-34(25)45/h4,9-16,20-21H,5-8H2,1-3H3,(H,35,41)(H,36,42). The van der Waals surface area contributed by atoms with E-state index < -0.39 is 41.1 Å². The van der Waals surface area contributed by atoms with Gasteiger partial charge < -0.3 is 19.8 Å². The fraction of sp³-hybridized carbons (Fsp3) is 0.265. The zero-order chi connectivity index (χ0) is 33.6. The Balaban J connectivity index is 1.14. The molecule has 13 heteroatoms. The second-order valence-corrected chi connectivity index (χ2v) is 11.7. The van der Waals surface area contributed by atoms with E-state index >= 15 is 0 Å². The third-order valence-electron chi connectivity index (χ3n) is 8.51. The fourth-order valence-corrected chi connectivity index (χ4v) is 5.97. The van der Waals surface area contributed by atoms with Crippen molar-refractivity contribution in [1.29, 1.82) is 0 Å². The van der Waals surface area contributed by atoms with E-state index in [1.54, 1.807) is 18.2 Å². The van der Waals surface area contributed by atoms with Crippen LogP contribution in [0.1, 0.15) is 60.2 Å². The highest BCUT2D eigenvalue weighted by Crippen LogP contribution is 2.33. The van der Waals surface area contributed by atoms with Crippen LogP contribution in [0.2, 0.25) is 0 Å². The molecule has 0 atom stereocenters. The summed E-state index contributed by atoms with van der Waals surface area (Å²) >= 11 is 0. The monoisotopic (exact) mass is 638 g/mol. The van der Waals surface area contributed by atoms with Crippen molar-refractivity contribution in [1.82, 2.24) is 10.6 Å². The number of amides is 6. The molecular formula is C34H30N4O9. The summed E-state index contributed by atoms with van der Waals surface area (Å²) in [4.78, 5) is 91.7. The number of nitrogens with one attached hydrogen (secondary N) is 2. The second kappa shape index (κ2) is 12.2. The first kappa shape index (κ1) is 31.1. The van der Waals surface area contributed by atoms with Crippen LogP contribution in [-0.4, -0.2) is 54.6 Å². The Kier molecular flexibility index (Phi) is 8.06. The van der Waals surface area contributed by atoms with Gasteiger partial charge in [0.05, 0.1) is 24.0 Å². The molecule has 0 saturated heterocycles. The van der Waals surface area contributed by atoms with Crippen LogP contribution in [0.4, 0.5) is 11.4 Å². The van der Waals surface area contributed by atoms with Crippen molar-refractivity contribution < 1.29 is 37.9 Å². The molecule has 13 nitrogen and oxygen atoms in total. The van der Waals surface area contributed by atoms with Crippen molar-refractivity contribution in [2.45, 2.75) is 51.6 Å². The molecule has 0 unspecified atom stereocenters. The Hall–Kier alpha value is -5.85. The van der Waals surface area contributed by atoms with Gasteiger partial charge in [0, 0.05) is 46.8 Å². The van der Waals surface area contributed by atoms with Crippen molar-refractivity contribution in [3.8, 4) is 5.75 Å². The highest BCUT2D eigenvalue weighted by atomic mass is 16.5. The quantitative estimate of drug-likeness (QED) is 0.292. The molecule has 0 bridgehead atoms. The first-order valence-electron chi connectivity index (χ1n) is 15.0. The number of methoxy groups -OCH3 is 1. The number of nitrogens with zero attached hydrogens (tertiary/aromatic N) is 2. The van der Waals surface area contributed by atoms with Gasteiger partial charge in [0.15, 0.2) is 0 Å². The Morgan fingerprint density at radius 1 is 0.745 bits per heavy atom. The topological polar surface area (TPSA) is 172 Å². The number of benzene rings is 2. The predicted molar refractivity (Wildman–Crippen MR) is 169 cm³/mol. The lowest BCUT2D eigenvalue weighted by atomic mass is 9.90. The molecule has 240 valence electrons. The molecule has 1 aliphatic carbocycles. The molecule has 3 heterocycles. The van der Waals surface area contributed by atoms with Crippen molar-refractivity contribution in [3.63, 3.8) is 0 Å². The van der Waals surface area contributed by atoms with Gasteiger partial charge in [0.1, 0.15) is 16.9 Å². The maximum Gasteiger partial charge on any atom is 0.349 e. The predicted octanol–water partition coefficient (Wildman–Crippen LogP) is 2.91. The summed E-state index contributed by atoms with van der Waals surface area (Å²) in [5, 5.41) is 6.40. The molecule has 0 radical (unpaired) electrons. The maximum atomic E-state index is 13.6. The van der Waals surface area contributed by atoms with E-state index in [0.29, 0.717) is 42.4 Å². The molecule has 6 amide bonds. The molecule has 1 aromatic heterocycles. The van der Waals surface area contributed by atoms with Crippen LogP contribution in [0.5, 0.6) is 5.75 Å². The molecule has 2 aromatic carbocycles. The maximum absolute atomic E-state index is 13.6. The van der Waals surface area contributed by atoms with Crippen molar-refractivity contribution in [3.05, 3.63) is 87.3 Å². The molecular weight excluding hydrogens is 608 g/mol. The minimum absolute atomic E-state index is 0.0124. The van der Waals surface area contributed by atoms with Gasteiger partial charge in [-0.1, -0.05) is 0 Å². The van der Waals surface area contributed by atoms with Gasteiger partial charge in [-0.25, -0.2) is 14.6 Å². The summed E-state index contributed by atoms with van der Waals surface area (Å²) in [6.07, 6.45) is 4.36. The number of anilines is 2. The van der Waals surface area contributed by atoms with Crippen LogP contribution in [0.25, 0.3) is 11.0 Å². The molecule has 1 saturated carbocycles. The Labute approximate surface area is 267 Å². The van der Waals surface area contributed by atoms with Gasteiger partial charge in [-0.2, -0.15) is 0 Å². The van der Waals surface area contributed by atoms with Crippen molar-refractivity contribution in [2.75, 3.05) is 16.9 Å². The van der Waals surface area contributed by atoms with Crippen LogP contribution >= 0.6 is 0 Å². The summed E-state index contributed by atoms with van der Waals surface area (Å²) in [5.74, 6) is -2.98. The van der Waals surface area contributed by atoms with Gasteiger partial charge in [-0.3, -0.25) is 28.8 Å². The van der Waals surface area contributed by atoms with E-state index in [4.69, 9.17) is 9.15 Å². The number of ether oxygens (including phenoxy) is 1. The second-order valence-electron chi connectivity index (χ2n) is 11.7. The molecule has 6 rings (SSSR count). The van der Waals surface area contributed by atoms with E-state index in [1.165, 1.54) is 51.3 Å². The molecule has 0 spiro atoms. The molecule has 2 N–H and O–H groups in total. The van der Waals surface area contributed by atoms with E-state index in [0.717, 1.165) is 15.9 Å². The lowest BCUT2D eigenvalue weighted by Gasteiger charge is -2.30. The normalized spacial score (nSPS) is 19.6. The van der Waals surface area contributed by atoms with Crippen LogP contribution in [0.15, 0.2) is 75.0 Å². The lowest BCUT2D eigenvalue weighted by molar-refractivity contribution is -0.121. The highest BCUT2D eigenvalue weighted by molar-refractivity contribution is 6.33. The van der Waals surface area contributed by atoms with Crippen molar-refractivity contribution >= 4 is 57.8 Å². The summed E-state index contributed by atoms with van der Waals surface area (Å²) in [6, 6.07) is 9.99. The summed E-state index contributed by atoms with van der Waals surface area (Å²) in [5.41, 5.74) is -0.0989. The first-order valence-corrected chi connectivity index (χ1v) is 15.0. The van der Waals surface area contributed by atoms with Gasteiger partial charge in [0.2, 0.25) is 0 Å². The van der Waals surface area contributed by atoms with E-state index in [1.807, 2.05) is 0 Å². The van der Waals surface area contributed by atoms with Gasteiger partial charge >= 0.3 is 5.63 Å². The minimum Gasteiger partial charge on any atom is -0.497 e. The number of fused-ring (bicyclic) bond motifs is 1. The largest absolute Gasteiger partial charge is 0.497 e. The van der Waals surface area contributed by atoms with Gasteiger partial charge in [-0.15, -0.1) is 0 Å². The summed E-state index contributed by atoms with van der Waals surface area (Å²) in [7, 11) is 1.50.